The largest absolute Gasteiger partial charge is 0.497 e. The highest BCUT2D eigenvalue weighted by atomic mass is 16.5. The first-order valence-electron chi connectivity index (χ1n) is 10.7. The number of rotatable bonds is 7. The summed E-state index contributed by atoms with van der Waals surface area (Å²) in [5.41, 5.74) is 5.07. The Balaban J connectivity index is 1.75. The van der Waals surface area contributed by atoms with Crippen molar-refractivity contribution in [1.29, 1.82) is 0 Å². The maximum Gasteiger partial charge on any atom is 0.118 e. The third-order valence-electron chi connectivity index (χ3n) is 6.00. The van der Waals surface area contributed by atoms with Gasteiger partial charge in [0, 0.05) is 24.9 Å². The van der Waals surface area contributed by atoms with Crippen molar-refractivity contribution in [2.45, 2.75) is 31.7 Å². The lowest BCUT2D eigenvalue weighted by molar-refractivity contribution is 0.220. The van der Waals surface area contributed by atoms with E-state index in [4.69, 9.17) is 9.47 Å². The first kappa shape index (κ1) is 20.4. The number of nitrogens with zero attached hydrogens (tertiary/aromatic N) is 2. The van der Waals surface area contributed by atoms with E-state index in [9.17, 15) is 0 Å². The fourth-order valence-electron chi connectivity index (χ4n) is 4.34. The Bertz CT molecular complexity index is 885. The van der Waals surface area contributed by atoms with E-state index in [0.717, 1.165) is 18.0 Å². The van der Waals surface area contributed by atoms with Crippen molar-refractivity contribution in [3.8, 4) is 11.5 Å². The molecule has 4 rings (SSSR count). The summed E-state index contributed by atoms with van der Waals surface area (Å²) in [7, 11) is 3.40. The van der Waals surface area contributed by atoms with Crippen molar-refractivity contribution in [2.75, 3.05) is 27.3 Å². The Morgan fingerprint density at radius 2 is 1.37 bits per heavy atom. The molecule has 4 heteroatoms. The van der Waals surface area contributed by atoms with E-state index in [0.29, 0.717) is 0 Å². The number of hydrogen-bond donors (Lipinski definition) is 0. The molecular formula is C26H30N2O2. The second-order valence-corrected chi connectivity index (χ2v) is 7.89. The smallest absolute Gasteiger partial charge is 0.118 e. The molecule has 0 saturated carbocycles. The van der Waals surface area contributed by atoms with Crippen LogP contribution in [-0.2, 0) is 6.54 Å². The molecule has 0 bridgehead atoms. The van der Waals surface area contributed by atoms with Gasteiger partial charge in [-0.3, -0.25) is 9.88 Å². The number of likely N-dealkylation sites (tertiary alicyclic amines) is 1. The monoisotopic (exact) mass is 402 g/mol. The van der Waals surface area contributed by atoms with Gasteiger partial charge in [0.25, 0.3) is 0 Å². The van der Waals surface area contributed by atoms with Crippen molar-refractivity contribution in [3.05, 3.63) is 89.2 Å². The van der Waals surface area contributed by atoms with Gasteiger partial charge in [-0.25, -0.2) is 0 Å². The van der Waals surface area contributed by atoms with Crippen LogP contribution in [0.25, 0.3) is 0 Å². The third kappa shape index (κ3) is 4.65. The van der Waals surface area contributed by atoms with E-state index in [1.165, 1.54) is 54.6 Å². The summed E-state index contributed by atoms with van der Waals surface area (Å²) < 4.78 is 10.8. The van der Waals surface area contributed by atoms with Crippen LogP contribution in [0.3, 0.4) is 0 Å². The number of ether oxygens (including phenoxy) is 2. The Morgan fingerprint density at radius 3 is 1.90 bits per heavy atom. The molecule has 156 valence electrons. The van der Waals surface area contributed by atoms with Crippen LogP contribution in [0.4, 0.5) is 0 Å². The Morgan fingerprint density at radius 1 is 0.800 bits per heavy atom. The second kappa shape index (κ2) is 9.77. The van der Waals surface area contributed by atoms with Gasteiger partial charge in [-0.15, -0.1) is 0 Å². The standard InChI is InChI=1S/C26H30N2O2/c1-29-23-10-6-20(7-11-23)26(21-8-12-24(30-2)13-9-21)25-18-27-15-14-22(25)19-28-16-4-3-5-17-28/h6-15,18,26H,3-5,16-17,19H2,1-2H3. The van der Waals surface area contributed by atoms with E-state index < -0.39 is 0 Å². The molecule has 1 saturated heterocycles. The summed E-state index contributed by atoms with van der Waals surface area (Å²) in [4.78, 5) is 7.08. The quantitative estimate of drug-likeness (QED) is 0.540. The first-order valence-corrected chi connectivity index (χ1v) is 10.7. The Labute approximate surface area is 179 Å². The molecule has 0 unspecified atom stereocenters. The van der Waals surface area contributed by atoms with Gasteiger partial charge in [0.2, 0.25) is 0 Å². The van der Waals surface area contributed by atoms with Gasteiger partial charge >= 0.3 is 0 Å². The zero-order valence-electron chi connectivity index (χ0n) is 17.9. The Kier molecular flexibility index (Phi) is 6.65. The summed E-state index contributed by atoms with van der Waals surface area (Å²) in [5.74, 6) is 1.84. The highest BCUT2D eigenvalue weighted by molar-refractivity contribution is 5.47. The topological polar surface area (TPSA) is 34.6 Å². The van der Waals surface area contributed by atoms with Crippen LogP contribution in [-0.4, -0.2) is 37.2 Å². The van der Waals surface area contributed by atoms with Crippen molar-refractivity contribution >= 4 is 0 Å². The number of methoxy groups -OCH3 is 2. The van der Waals surface area contributed by atoms with E-state index in [1.807, 2.05) is 36.7 Å². The zero-order chi connectivity index (χ0) is 20.8. The van der Waals surface area contributed by atoms with Gasteiger partial charge < -0.3 is 9.47 Å². The third-order valence-corrected chi connectivity index (χ3v) is 6.00. The van der Waals surface area contributed by atoms with Gasteiger partial charge in [-0.2, -0.15) is 0 Å². The molecular weight excluding hydrogens is 372 g/mol. The lowest BCUT2D eigenvalue weighted by Gasteiger charge is -2.29. The van der Waals surface area contributed by atoms with Crippen molar-refractivity contribution < 1.29 is 9.47 Å². The molecule has 1 aliphatic rings. The van der Waals surface area contributed by atoms with Crippen LogP contribution < -0.4 is 9.47 Å². The molecule has 4 nitrogen and oxygen atoms in total. The molecule has 1 aliphatic heterocycles. The Hall–Kier alpha value is -2.85. The summed E-state index contributed by atoms with van der Waals surface area (Å²) >= 11 is 0. The minimum absolute atomic E-state index is 0.107. The molecule has 0 spiro atoms. The van der Waals surface area contributed by atoms with E-state index in [1.54, 1.807) is 14.2 Å². The number of aromatic nitrogens is 1. The van der Waals surface area contributed by atoms with Crippen molar-refractivity contribution in [1.82, 2.24) is 9.88 Å². The highest BCUT2D eigenvalue weighted by Gasteiger charge is 2.22. The fourth-order valence-corrected chi connectivity index (χ4v) is 4.34. The molecule has 3 aromatic rings. The van der Waals surface area contributed by atoms with Gasteiger partial charge in [0.05, 0.1) is 14.2 Å². The number of hydrogen-bond acceptors (Lipinski definition) is 4. The highest BCUT2D eigenvalue weighted by Crippen LogP contribution is 2.35. The van der Waals surface area contributed by atoms with E-state index >= 15 is 0 Å². The minimum atomic E-state index is 0.107. The number of piperidine rings is 1. The molecule has 0 amide bonds. The van der Waals surface area contributed by atoms with Gasteiger partial charge in [0.15, 0.2) is 0 Å². The maximum absolute atomic E-state index is 5.38. The second-order valence-electron chi connectivity index (χ2n) is 7.89. The van der Waals surface area contributed by atoms with Crippen molar-refractivity contribution in [3.63, 3.8) is 0 Å². The van der Waals surface area contributed by atoms with Crippen LogP contribution >= 0.6 is 0 Å². The molecule has 0 aliphatic carbocycles. The predicted octanol–water partition coefficient (Wildman–Crippen LogP) is 5.26. The van der Waals surface area contributed by atoms with Gasteiger partial charge in [0.1, 0.15) is 11.5 Å². The minimum Gasteiger partial charge on any atom is -0.497 e. The zero-order valence-corrected chi connectivity index (χ0v) is 17.9. The fraction of sp³-hybridized carbons (Fsp3) is 0.346. The number of pyridine rings is 1. The summed E-state index contributed by atoms with van der Waals surface area (Å²) in [6, 6.07) is 19.0. The van der Waals surface area contributed by atoms with Crippen LogP contribution in [0.1, 0.15) is 47.4 Å². The molecule has 0 radical (unpaired) electrons. The molecule has 2 aromatic carbocycles. The van der Waals surface area contributed by atoms with Crippen LogP contribution in [0.2, 0.25) is 0 Å². The van der Waals surface area contributed by atoms with Crippen LogP contribution in [0, 0.1) is 0 Å². The van der Waals surface area contributed by atoms with Gasteiger partial charge in [-0.1, -0.05) is 30.7 Å². The summed E-state index contributed by atoms with van der Waals surface area (Å²) in [5, 5.41) is 0. The number of benzene rings is 2. The van der Waals surface area contributed by atoms with Crippen molar-refractivity contribution in [2.24, 2.45) is 0 Å². The van der Waals surface area contributed by atoms with Crippen LogP contribution in [0.5, 0.6) is 11.5 Å². The van der Waals surface area contributed by atoms with E-state index in [-0.39, 0.29) is 5.92 Å². The normalized spacial score (nSPS) is 14.6. The molecule has 2 heterocycles. The van der Waals surface area contributed by atoms with E-state index in [2.05, 4.69) is 40.2 Å². The summed E-state index contributed by atoms with van der Waals surface area (Å²) in [6.07, 6.45) is 7.89. The predicted molar refractivity (Wildman–Crippen MR) is 120 cm³/mol. The first-order chi connectivity index (χ1) is 14.8. The maximum atomic E-state index is 5.38. The molecule has 0 N–H and O–H groups in total. The lowest BCUT2D eigenvalue weighted by Crippen LogP contribution is -2.29. The van der Waals surface area contributed by atoms with Crippen LogP contribution in [0.15, 0.2) is 67.0 Å². The SMILES string of the molecule is COc1ccc(C(c2ccc(OC)cc2)c2cnccc2CN2CCCCC2)cc1. The molecule has 30 heavy (non-hydrogen) atoms. The molecule has 1 aromatic heterocycles. The van der Waals surface area contributed by atoms with Gasteiger partial charge in [-0.05, 0) is 78.5 Å². The average molecular weight is 403 g/mol. The summed E-state index contributed by atoms with van der Waals surface area (Å²) in [6.45, 7) is 3.33. The molecule has 0 atom stereocenters. The molecule has 1 fully saturated rings. The average Bonchev–Trinajstić information content (AvgIpc) is 2.82. The lowest BCUT2D eigenvalue weighted by atomic mass is 9.83.